The minimum absolute atomic E-state index is 0.113. The first kappa shape index (κ1) is 14.9. The number of rotatable bonds is 3. The van der Waals surface area contributed by atoms with Gasteiger partial charge in [-0.1, -0.05) is 35.1 Å². The molecule has 1 heterocycles. The minimum Gasteiger partial charge on any atom is -0.389 e. The predicted octanol–water partition coefficient (Wildman–Crippen LogP) is 1.32. The molecule has 1 unspecified atom stereocenters. The molecule has 1 aliphatic heterocycles. The van der Waals surface area contributed by atoms with Gasteiger partial charge in [-0.3, -0.25) is 14.9 Å². The van der Waals surface area contributed by atoms with Gasteiger partial charge in [0, 0.05) is 15.7 Å². The van der Waals surface area contributed by atoms with Gasteiger partial charge in [0.15, 0.2) is 0 Å². The average Bonchev–Trinajstić information content (AvgIpc) is 2.37. The van der Waals surface area contributed by atoms with E-state index >= 15 is 0 Å². The topological polar surface area (TPSA) is 75.4 Å². The Labute approximate surface area is 130 Å². The molecule has 0 aliphatic carbocycles. The molecule has 1 aromatic carbocycles. The summed E-state index contributed by atoms with van der Waals surface area (Å²) in [5, 5.41) is 2.35. The number of nitrogens with one attached hydrogen (secondary N) is 1. The number of anilines is 1. The van der Waals surface area contributed by atoms with Crippen LogP contribution in [0, 0.1) is 0 Å². The van der Waals surface area contributed by atoms with Gasteiger partial charge in [0.2, 0.25) is 11.8 Å². The zero-order chi connectivity index (χ0) is 14.9. The molecule has 0 saturated carbocycles. The van der Waals surface area contributed by atoms with Crippen molar-refractivity contribution in [3.05, 3.63) is 28.2 Å². The van der Waals surface area contributed by atoms with Crippen LogP contribution < -0.4 is 16.0 Å². The molecule has 0 bridgehead atoms. The van der Waals surface area contributed by atoms with Crippen LogP contribution in [0.1, 0.15) is 18.9 Å². The van der Waals surface area contributed by atoms with Crippen molar-refractivity contribution in [2.24, 2.45) is 5.73 Å². The summed E-state index contributed by atoms with van der Waals surface area (Å²) in [6, 6.07) is 5.04. The maximum absolute atomic E-state index is 11.9. The molecule has 20 heavy (non-hydrogen) atoms. The lowest BCUT2D eigenvalue weighted by Gasteiger charge is -2.36. The van der Waals surface area contributed by atoms with E-state index in [4.69, 9.17) is 18.0 Å². The van der Waals surface area contributed by atoms with Crippen LogP contribution in [0.4, 0.5) is 5.69 Å². The Morgan fingerprint density at radius 1 is 1.55 bits per heavy atom. The lowest BCUT2D eigenvalue weighted by Crippen LogP contribution is -2.58. The van der Waals surface area contributed by atoms with Crippen LogP contribution in [0.3, 0.4) is 0 Å². The van der Waals surface area contributed by atoms with Crippen molar-refractivity contribution < 1.29 is 9.59 Å². The zero-order valence-corrected chi connectivity index (χ0v) is 13.3. The summed E-state index contributed by atoms with van der Waals surface area (Å²) in [5.74, 6) is -0.614. The first-order valence-corrected chi connectivity index (χ1v) is 7.33. The summed E-state index contributed by atoms with van der Waals surface area (Å²) >= 11 is 8.42. The SMILES string of the molecule is CCC1C(=O)NC(=O)CN1c1ccc(Br)cc1C(N)=S. The molecule has 1 aromatic rings. The molecule has 1 aliphatic rings. The Balaban J connectivity index is 2.50. The van der Waals surface area contributed by atoms with Gasteiger partial charge in [-0.15, -0.1) is 0 Å². The number of amides is 2. The lowest BCUT2D eigenvalue weighted by molar-refractivity contribution is -0.132. The van der Waals surface area contributed by atoms with Gasteiger partial charge < -0.3 is 10.6 Å². The van der Waals surface area contributed by atoms with Crippen molar-refractivity contribution in [2.75, 3.05) is 11.4 Å². The van der Waals surface area contributed by atoms with Crippen molar-refractivity contribution in [2.45, 2.75) is 19.4 Å². The van der Waals surface area contributed by atoms with Crippen LogP contribution in [-0.4, -0.2) is 29.4 Å². The molecular weight excluding hydrogens is 342 g/mol. The molecule has 3 N–H and O–H groups in total. The number of carbonyl (C=O) groups is 2. The van der Waals surface area contributed by atoms with E-state index in [9.17, 15) is 9.59 Å². The van der Waals surface area contributed by atoms with Crippen molar-refractivity contribution in [3.8, 4) is 0 Å². The van der Waals surface area contributed by atoms with E-state index in [-0.39, 0.29) is 23.3 Å². The Hall–Kier alpha value is -1.47. The van der Waals surface area contributed by atoms with Crippen LogP contribution >= 0.6 is 28.1 Å². The van der Waals surface area contributed by atoms with Gasteiger partial charge in [0.05, 0.1) is 6.54 Å². The largest absolute Gasteiger partial charge is 0.389 e. The smallest absolute Gasteiger partial charge is 0.249 e. The first-order valence-electron chi connectivity index (χ1n) is 6.13. The molecule has 5 nitrogen and oxygen atoms in total. The number of nitrogens with zero attached hydrogens (tertiary/aromatic N) is 1. The Bertz CT molecular complexity index is 591. The Morgan fingerprint density at radius 3 is 2.85 bits per heavy atom. The maximum atomic E-state index is 11.9. The van der Waals surface area contributed by atoms with Gasteiger partial charge in [-0.05, 0) is 24.6 Å². The number of nitrogens with two attached hydrogens (primary N) is 1. The standard InChI is InChI=1S/C13H14BrN3O2S/c1-2-9-13(19)16-11(18)6-17(9)10-4-3-7(14)5-8(10)12(15)20/h3-5,9H,2,6H2,1H3,(H2,15,20)(H,16,18,19). The number of thiocarbonyl (C=S) groups is 1. The third-order valence-corrected chi connectivity index (χ3v) is 3.89. The number of hydrogen-bond donors (Lipinski definition) is 2. The molecule has 106 valence electrons. The Morgan fingerprint density at radius 2 is 2.25 bits per heavy atom. The van der Waals surface area contributed by atoms with E-state index in [1.165, 1.54) is 0 Å². The molecule has 0 radical (unpaired) electrons. The van der Waals surface area contributed by atoms with E-state index in [0.29, 0.717) is 17.7 Å². The highest BCUT2D eigenvalue weighted by Crippen LogP contribution is 2.28. The summed E-state index contributed by atoms with van der Waals surface area (Å²) in [5.41, 5.74) is 7.10. The third kappa shape index (κ3) is 2.83. The summed E-state index contributed by atoms with van der Waals surface area (Å²) in [6.07, 6.45) is 0.589. The molecule has 0 spiro atoms. The van der Waals surface area contributed by atoms with E-state index in [1.807, 2.05) is 19.1 Å². The maximum Gasteiger partial charge on any atom is 0.249 e. The van der Waals surface area contributed by atoms with Gasteiger partial charge in [-0.25, -0.2) is 0 Å². The van der Waals surface area contributed by atoms with E-state index in [0.717, 1.165) is 4.47 Å². The lowest BCUT2D eigenvalue weighted by atomic mass is 10.1. The highest BCUT2D eigenvalue weighted by atomic mass is 79.9. The van der Waals surface area contributed by atoms with E-state index in [1.54, 1.807) is 11.0 Å². The molecule has 0 aromatic heterocycles. The predicted molar refractivity (Wildman–Crippen MR) is 84.6 cm³/mol. The van der Waals surface area contributed by atoms with Crippen LogP contribution in [-0.2, 0) is 9.59 Å². The first-order chi connectivity index (χ1) is 9.43. The second kappa shape index (κ2) is 5.88. The van der Waals surface area contributed by atoms with Crippen LogP contribution in [0.25, 0.3) is 0 Å². The fraction of sp³-hybridized carbons (Fsp3) is 0.308. The fourth-order valence-electron chi connectivity index (χ4n) is 2.28. The summed E-state index contributed by atoms with van der Waals surface area (Å²) in [7, 11) is 0. The number of imide groups is 1. The number of hydrogen-bond acceptors (Lipinski definition) is 4. The summed E-state index contributed by atoms with van der Waals surface area (Å²) in [6.45, 7) is 2.01. The van der Waals surface area contributed by atoms with Crippen LogP contribution in [0.15, 0.2) is 22.7 Å². The minimum atomic E-state index is -0.401. The molecule has 1 fully saturated rings. The van der Waals surface area contributed by atoms with E-state index < -0.39 is 6.04 Å². The monoisotopic (exact) mass is 355 g/mol. The number of piperazine rings is 1. The van der Waals surface area contributed by atoms with Crippen molar-refractivity contribution in [1.82, 2.24) is 5.32 Å². The van der Waals surface area contributed by atoms with Crippen LogP contribution in [0.2, 0.25) is 0 Å². The highest BCUT2D eigenvalue weighted by molar-refractivity contribution is 9.10. The quantitative estimate of drug-likeness (QED) is 0.631. The van der Waals surface area contributed by atoms with E-state index in [2.05, 4.69) is 21.2 Å². The number of halogens is 1. The molecule has 1 saturated heterocycles. The normalized spacial score (nSPS) is 18.9. The molecular formula is C13H14BrN3O2S. The summed E-state index contributed by atoms with van der Waals surface area (Å²) in [4.78, 5) is 25.5. The van der Waals surface area contributed by atoms with Crippen molar-refractivity contribution in [1.29, 1.82) is 0 Å². The number of benzene rings is 1. The molecule has 2 amide bonds. The second-order valence-electron chi connectivity index (χ2n) is 4.49. The average molecular weight is 356 g/mol. The van der Waals surface area contributed by atoms with Crippen LogP contribution in [0.5, 0.6) is 0 Å². The van der Waals surface area contributed by atoms with Crippen molar-refractivity contribution >= 4 is 50.6 Å². The highest BCUT2D eigenvalue weighted by Gasteiger charge is 2.33. The van der Waals surface area contributed by atoms with Gasteiger partial charge in [0.1, 0.15) is 11.0 Å². The third-order valence-electron chi connectivity index (χ3n) is 3.18. The number of carbonyl (C=O) groups excluding carboxylic acids is 2. The second-order valence-corrected chi connectivity index (χ2v) is 5.85. The zero-order valence-electron chi connectivity index (χ0n) is 10.9. The summed E-state index contributed by atoms with van der Waals surface area (Å²) < 4.78 is 0.838. The molecule has 1 atom stereocenters. The fourth-order valence-corrected chi connectivity index (χ4v) is 2.81. The van der Waals surface area contributed by atoms with Gasteiger partial charge in [-0.2, -0.15) is 0 Å². The molecule has 7 heteroatoms. The molecule has 2 rings (SSSR count). The van der Waals surface area contributed by atoms with Crippen molar-refractivity contribution in [3.63, 3.8) is 0 Å². The van der Waals surface area contributed by atoms with Gasteiger partial charge in [0.25, 0.3) is 0 Å². The van der Waals surface area contributed by atoms with Gasteiger partial charge >= 0.3 is 0 Å². The Kier molecular flexibility index (Phi) is 4.39.